The highest BCUT2D eigenvalue weighted by atomic mass is 127. The van der Waals surface area contributed by atoms with Gasteiger partial charge in [-0.3, -0.25) is 4.79 Å². The molecule has 0 amide bonds. The molecule has 11 heavy (non-hydrogen) atoms. The molecule has 0 saturated heterocycles. The Balaban J connectivity index is 2.70. The minimum Gasteiger partial charge on any atom is -0.370 e. The van der Waals surface area contributed by atoms with Crippen LogP contribution in [0.25, 0.3) is 0 Å². The maximum atomic E-state index is 11.2. The zero-order valence-electron chi connectivity index (χ0n) is 5.56. The van der Waals surface area contributed by atoms with E-state index in [-0.39, 0.29) is 5.56 Å². The van der Waals surface area contributed by atoms with Gasteiger partial charge in [-0.1, -0.05) is 0 Å². The van der Waals surface area contributed by atoms with E-state index in [4.69, 9.17) is 4.74 Å². The lowest BCUT2D eigenvalue weighted by Gasteiger charge is -1.93. The number of aromatic nitrogens is 2. The fourth-order valence-corrected chi connectivity index (χ4v) is 1.57. The maximum absolute atomic E-state index is 11.2. The van der Waals surface area contributed by atoms with Gasteiger partial charge in [0, 0.05) is 0 Å². The van der Waals surface area contributed by atoms with Crippen LogP contribution in [0.4, 0.5) is 0 Å². The molecule has 2 rings (SSSR count). The van der Waals surface area contributed by atoms with E-state index < -0.39 is 0 Å². The van der Waals surface area contributed by atoms with Crippen LogP contribution in [0.3, 0.4) is 0 Å². The zero-order valence-corrected chi connectivity index (χ0v) is 7.71. The third-order valence-electron chi connectivity index (χ3n) is 1.56. The molecule has 4 nitrogen and oxygen atoms in total. The summed E-state index contributed by atoms with van der Waals surface area (Å²) in [5.41, 5.74) is 1.38. The molecule has 1 aromatic heterocycles. The third kappa shape index (κ3) is 1.18. The minimum atomic E-state index is -0.0723. The standard InChI is InChI=1S/C6H5IN2O2/c7-6-8-4-2-11-1-3(4)5(10)9-6/h1-2H2,(H,8,9,10). The normalized spacial score (nSPS) is 15.0. The smallest absolute Gasteiger partial charge is 0.257 e. The number of fused-ring (bicyclic) bond motifs is 1. The first-order chi connectivity index (χ1) is 5.27. The van der Waals surface area contributed by atoms with Crippen LogP contribution in [0.2, 0.25) is 0 Å². The first-order valence-electron chi connectivity index (χ1n) is 3.12. The summed E-state index contributed by atoms with van der Waals surface area (Å²) >= 11 is 1.98. The molecule has 0 aliphatic carbocycles. The third-order valence-corrected chi connectivity index (χ3v) is 2.07. The molecule has 58 valence electrons. The van der Waals surface area contributed by atoms with Crippen LogP contribution in [0.1, 0.15) is 11.3 Å². The lowest BCUT2D eigenvalue weighted by molar-refractivity contribution is 0.133. The number of H-pyrrole nitrogens is 1. The molecule has 1 aliphatic heterocycles. The molecule has 0 atom stereocenters. The Bertz CT molecular complexity index is 347. The lowest BCUT2D eigenvalue weighted by Crippen LogP contribution is -2.15. The Hall–Kier alpha value is -0.430. The summed E-state index contributed by atoms with van der Waals surface area (Å²) in [4.78, 5) is 17.9. The summed E-state index contributed by atoms with van der Waals surface area (Å²) in [6.45, 7) is 0.865. The van der Waals surface area contributed by atoms with Crippen LogP contribution < -0.4 is 5.56 Å². The number of halogens is 1. The summed E-state index contributed by atoms with van der Waals surface area (Å²) in [7, 11) is 0. The van der Waals surface area contributed by atoms with Gasteiger partial charge in [-0.25, -0.2) is 4.98 Å². The van der Waals surface area contributed by atoms with Crippen LogP contribution in [0.15, 0.2) is 4.79 Å². The predicted octanol–water partition coefficient (Wildman–Crippen LogP) is 0.405. The van der Waals surface area contributed by atoms with Crippen LogP contribution >= 0.6 is 22.6 Å². The molecular formula is C6H5IN2O2. The van der Waals surface area contributed by atoms with E-state index in [0.29, 0.717) is 22.6 Å². The summed E-state index contributed by atoms with van der Waals surface area (Å²) in [6.07, 6.45) is 0. The van der Waals surface area contributed by atoms with Crippen LogP contribution in [0, 0.1) is 3.83 Å². The van der Waals surface area contributed by atoms with E-state index in [2.05, 4.69) is 9.97 Å². The van der Waals surface area contributed by atoms with Crippen LogP contribution in [0.5, 0.6) is 0 Å². The Labute approximate surface area is 76.1 Å². The van der Waals surface area contributed by atoms with Crippen LogP contribution in [-0.2, 0) is 18.0 Å². The molecule has 1 aromatic rings. The van der Waals surface area contributed by atoms with Crippen molar-refractivity contribution in [3.8, 4) is 0 Å². The fraction of sp³-hybridized carbons (Fsp3) is 0.333. The van der Waals surface area contributed by atoms with Gasteiger partial charge in [0.2, 0.25) is 0 Å². The second-order valence-corrected chi connectivity index (χ2v) is 3.30. The number of ether oxygens (including phenoxy) is 1. The van der Waals surface area contributed by atoms with Gasteiger partial charge in [0.15, 0.2) is 3.83 Å². The van der Waals surface area contributed by atoms with E-state index in [9.17, 15) is 4.79 Å². The molecule has 2 heterocycles. The van der Waals surface area contributed by atoms with Crippen molar-refractivity contribution in [1.29, 1.82) is 0 Å². The highest BCUT2D eigenvalue weighted by Crippen LogP contribution is 2.12. The molecule has 0 fully saturated rings. The van der Waals surface area contributed by atoms with Crippen molar-refractivity contribution in [2.75, 3.05) is 0 Å². The Morgan fingerprint density at radius 1 is 1.55 bits per heavy atom. The van der Waals surface area contributed by atoms with Crippen molar-refractivity contribution in [3.05, 3.63) is 25.4 Å². The van der Waals surface area contributed by atoms with Crippen LogP contribution in [-0.4, -0.2) is 9.97 Å². The molecule has 1 aliphatic rings. The van der Waals surface area contributed by atoms with E-state index in [1.807, 2.05) is 22.6 Å². The molecule has 5 heteroatoms. The van der Waals surface area contributed by atoms with Crippen molar-refractivity contribution < 1.29 is 4.74 Å². The molecule has 1 N–H and O–H groups in total. The largest absolute Gasteiger partial charge is 0.370 e. The molecular weight excluding hydrogens is 259 g/mol. The van der Waals surface area contributed by atoms with E-state index in [0.717, 1.165) is 5.69 Å². The Kier molecular flexibility index (Phi) is 1.68. The van der Waals surface area contributed by atoms with E-state index >= 15 is 0 Å². The number of hydrogen-bond acceptors (Lipinski definition) is 3. The van der Waals surface area contributed by atoms with Gasteiger partial charge in [-0.2, -0.15) is 0 Å². The monoisotopic (exact) mass is 264 g/mol. The highest BCUT2D eigenvalue weighted by molar-refractivity contribution is 14.1. The van der Waals surface area contributed by atoms with Gasteiger partial charge in [-0.15, -0.1) is 0 Å². The number of hydrogen-bond donors (Lipinski definition) is 1. The van der Waals surface area contributed by atoms with Gasteiger partial charge in [0.25, 0.3) is 5.56 Å². The lowest BCUT2D eigenvalue weighted by atomic mass is 10.3. The number of aromatic amines is 1. The molecule has 0 bridgehead atoms. The SMILES string of the molecule is O=c1[nH]c(I)nc2c1COC2. The topological polar surface area (TPSA) is 55.0 Å². The van der Waals surface area contributed by atoms with Crippen molar-refractivity contribution >= 4 is 22.6 Å². The van der Waals surface area contributed by atoms with E-state index in [1.165, 1.54) is 0 Å². The molecule has 0 radical (unpaired) electrons. The van der Waals surface area contributed by atoms with E-state index in [1.54, 1.807) is 0 Å². The first kappa shape index (κ1) is 7.23. The summed E-state index contributed by atoms with van der Waals surface area (Å²) < 4.78 is 5.69. The molecule has 0 unspecified atom stereocenters. The molecule has 0 saturated carbocycles. The van der Waals surface area contributed by atoms with Crippen molar-refractivity contribution in [3.63, 3.8) is 0 Å². The fourth-order valence-electron chi connectivity index (χ4n) is 1.03. The Morgan fingerprint density at radius 2 is 2.36 bits per heavy atom. The van der Waals surface area contributed by atoms with Crippen molar-refractivity contribution in [2.24, 2.45) is 0 Å². The Morgan fingerprint density at radius 3 is 3.18 bits per heavy atom. The summed E-state index contributed by atoms with van der Waals surface area (Å²) in [5.74, 6) is 0. The summed E-state index contributed by atoms with van der Waals surface area (Å²) in [5, 5.41) is 0. The van der Waals surface area contributed by atoms with Crippen molar-refractivity contribution in [1.82, 2.24) is 9.97 Å². The number of rotatable bonds is 0. The molecule has 0 aromatic carbocycles. The second kappa shape index (κ2) is 2.56. The van der Waals surface area contributed by atoms with Crippen molar-refractivity contribution in [2.45, 2.75) is 13.2 Å². The molecule has 0 spiro atoms. The number of nitrogens with one attached hydrogen (secondary N) is 1. The second-order valence-electron chi connectivity index (χ2n) is 2.27. The first-order valence-corrected chi connectivity index (χ1v) is 4.20. The quantitative estimate of drug-likeness (QED) is 0.545. The van der Waals surface area contributed by atoms with Gasteiger partial charge < -0.3 is 9.72 Å². The maximum Gasteiger partial charge on any atom is 0.257 e. The minimum absolute atomic E-state index is 0.0723. The van der Waals surface area contributed by atoms with Gasteiger partial charge in [0.05, 0.1) is 24.5 Å². The average molecular weight is 264 g/mol. The summed E-state index contributed by atoms with van der Waals surface area (Å²) in [6, 6.07) is 0. The van der Waals surface area contributed by atoms with Gasteiger partial charge >= 0.3 is 0 Å². The highest BCUT2D eigenvalue weighted by Gasteiger charge is 2.16. The zero-order chi connectivity index (χ0) is 7.84. The number of nitrogens with zero attached hydrogens (tertiary/aromatic N) is 1. The predicted molar refractivity (Wildman–Crippen MR) is 46.1 cm³/mol. The van der Waals surface area contributed by atoms with Gasteiger partial charge in [-0.05, 0) is 22.6 Å². The van der Waals surface area contributed by atoms with Gasteiger partial charge in [0.1, 0.15) is 0 Å². The average Bonchev–Trinajstić information content (AvgIpc) is 2.34.